The molecule has 2 atom stereocenters. The van der Waals surface area contributed by atoms with Crippen molar-refractivity contribution < 1.29 is 27.9 Å². The van der Waals surface area contributed by atoms with Crippen LogP contribution in [0, 0.1) is 0 Å². The monoisotopic (exact) mass is 634 g/mol. The molecule has 0 aromatic heterocycles. The molecule has 0 spiro atoms. The molecule has 40 heavy (non-hydrogen) atoms. The highest BCUT2D eigenvalue weighted by Gasteiger charge is 2.30. The van der Waals surface area contributed by atoms with Crippen molar-refractivity contribution in [1.29, 1.82) is 0 Å². The first-order valence-electron chi connectivity index (χ1n) is 11.9. The summed E-state index contributed by atoms with van der Waals surface area (Å²) in [4.78, 5) is 39.6. The van der Waals surface area contributed by atoms with Crippen molar-refractivity contribution in [3.8, 4) is 0 Å². The standard InChI is InChI=1S/C24H29Cl3N6O6S/c1-32(2)30-24(31-40(3,38)39)28-11-18(23(36)37)29-21(34)19-17(26)10-14-12-33(9-8-16(14)20(19)27)22(35)13-4-6-15(25)7-5-13/h4-7,10,18,24,28,30-31H,8-9,11-12H2,1-3H3,(H,29,34)(H,36,37)/t18-,24?/m0/s1. The van der Waals surface area contributed by atoms with Crippen molar-refractivity contribution in [2.45, 2.75) is 25.3 Å². The van der Waals surface area contributed by atoms with E-state index in [4.69, 9.17) is 34.8 Å². The number of hydrogen-bond acceptors (Lipinski definition) is 8. The zero-order valence-electron chi connectivity index (χ0n) is 21.8. The van der Waals surface area contributed by atoms with Gasteiger partial charge in [0.25, 0.3) is 11.8 Å². The average Bonchev–Trinajstić information content (AvgIpc) is 2.84. The second-order valence-corrected chi connectivity index (χ2v) is 12.3. The number of hydrazine groups is 1. The number of fused-ring (bicyclic) bond motifs is 1. The Morgan fingerprint density at radius 2 is 1.77 bits per heavy atom. The summed E-state index contributed by atoms with van der Waals surface area (Å²) in [5.74, 6) is -2.38. The maximum absolute atomic E-state index is 13.1. The molecule has 0 saturated heterocycles. The highest BCUT2D eigenvalue weighted by molar-refractivity contribution is 7.88. The summed E-state index contributed by atoms with van der Waals surface area (Å²) in [6.45, 7) is 0.205. The molecule has 0 radical (unpaired) electrons. The normalized spacial score (nSPS) is 14.9. The lowest BCUT2D eigenvalue weighted by molar-refractivity contribution is -0.139. The van der Waals surface area contributed by atoms with Crippen LogP contribution in [0.4, 0.5) is 0 Å². The van der Waals surface area contributed by atoms with Gasteiger partial charge in [0.2, 0.25) is 10.0 Å². The predicted octanol–water partition coefficient (Wildman–Crippen LogP) is 1.52. The number of benzene rings is 2. The van der Waals surface area contributed by atoms with Crippen LogP contribution in [0.3, 0.4) is 0 Å². The van der Waals surface area contributed by atoms with E-state index in [1.165, 1.54) is 5.01 Å². The summed E-state index contributed by atoms with van der Waals surface area (Å²) in [6.07, 6.45) is 0.241. The van der Waals surface area contributed by atoms with Crippen LogP contribution in [0.15, 0.2) is 30.3 Å². The number of carbonyl (C=O) groups is 3. The first kappa shape index (κ1) is 32.0. The lowest BCUT2D eigenvalue weighted by Gasteiger charge is -2.30. The number of nitrogens with zero attached hydrogens (tertiary/aromatic N) is 2. The third-order valence-electron chi connectivity index (χ3n) is 5.86. The van der Waals surface area contributed by atoms with Gasteiger partial charge in [-0.3, -0.25) is 14.9 Å². The van der Waals surface area contributed by atoms with Crippen molar-refractivity contribution in [1.82, 2.24) is 30.7 Å². The number of nitrogens with one attached hydrogen (secondary N) is 4. The molecule has 1 unspecified atom stereocenters. The lowest BCUT2D eigenvalue weighted by Crippen LogP contribution is -2.61. The Labute approximate surface area is 247 Å². The number of aliphatic carboxylic acids is 1. The molecular weight excluding hydrogens is 607 g/mol. The third-order valence-corrected chi connectivity index (χ3v) is 7.49. The number of hydrogen-bond donors (Lipinski definition) is 5. The van der Waals surface area contributed by atoms with Gasteiger partial charge < -0.3 is 15.3 Å². The van der Waals surface area contributed by atoms with Gasteiger partial charge in [-0.2, -0.15) is 4.72 Å². The van der Waals surface area contributed by atoms with Crippen molar-refractivity contribution in [2.24, 2.45) is 0 Å². The number of rotatable bonds is 11. The second-order valence-electron chi connectivity index (χ2n) is 9.29. The topological polar surface area (TPSA) is 160 Å². The Bertz CT molecular complexity index is 1390. The van der Waals surface area contributed by atoms with Crippen LogP contribution in [-0.4, -0.2) is 87.0 Å². The minimum absolute atomic E-state index is 0.00923. The number of amides is 2. The number of carbonyl (C=O) groups excluding carboxylic acids is 2. The van der Waals surface area contributed by atoms with E-state index in [2.05, 4.69) is 20.8 Å². The smallest absolute Gasteiger partial charge is 0.327 e. The number of halogens is 3. The molecule has 0 fully saturated rings. The molecule has 3 rings (SSSR count). The molecule has 2 amide bonds. The Morgan fingerprint density at radius 3 is 2.35 bits per heavy atom. The molecule has 16 heteroatoms. The van der Waals surface area contributed by atoms with Crippen molar-refractivity contribution in [3.05, 3.63) is 67.7 Å². The molecule has 1 aliphatic rings. The summed E-state index contributed by atoms with van der Waals surface area (Å²) < 4.78 is 25.6. The number of carboxylic acids is 1. The van der Waals surface area contributed by atoms with E-state index >= 15 is 0 Å². The highest BCUT2D eigenvalue weighted by Crippen LogP contribution is 2.35. The zero-order valence-corrected chi connectivity index (χ0v) is 24.9. The quantitative estimate of drug-likeness (QED) is 0.182. The minimum Gasteiger partial charge on any atom is -0.480 e. The first-order valence-corrected chi connectivity index (χ1v) is 14.9. The van der Waals surface area contributed by atoms with Gasteiger partial charge in [-0.05, 0) is 47.9 Å². The summed E-state index contributed by atoms with van der Waals surface area (Å²) in [5.41, 5.74) is 4.43. The van der Waals surface area contributed by atoms with Gasteiger partial charge in [0.15, 0.2) is 0 Å². The fourth-order valence-corrected chi connectivity index (χ4v) is 5.51. The maximum atomic E-state index is 13.1. The van der Waals surface area contributed by atoms with E-state index in [9.17, 15) is 27.9 Å². The van der Waals surface area contributed by atoms with Crippen LogP contribution in [0.5, 0.6) is 0 Å². The summed E-state index contributed by atoms with van der Waals surface area (Å²) in [5, 5.41) is 16.8. The van der Waals surface area contributed by atoms with Gasteiger partial charge in [0, 0.05) is 44.3 Å². The molecular formula is C24H29Cl3N6O6S. The predicted molar refractivity (Wildman–Crippen MR) is 152 cm³/mol. The molecule has 0 saturated carbocycles. The van der Waals surface area contributed by atoms with Crippen LogP contribution in [0.25, 0.3) is 0 Å². The van der Waals surface area contributed by atoms with Crippen LogP contribution in [-0.2, 0) is 27.8 Å². The first-order chi connectivity index (χ1) is 18.7. The maximum Gasteiger partial charge on any atom is 0.327 e. The molecule has 1 heterocycles. The lowest BCUT2D eigenvalue weighted by atomic mass is 9.96. The van der Waals surface area contributed by atoms with Gasteiger partial charge in [-0.1, -0.05) is 34.8 Å². The number of carboxylic acid groups (broad SMARTS) is 1. The van der Waals surface area contributed by atoms with Gasteiger partial charge in [-0.25, -0.2) is 23.6 Å². The fraction of sp³-hybridized carbons (Fsp3) is 0.375. The van der Waals surface area contributed by atoms with E-state index in [0.717, 1.165) is 6.26 Å². The van der Waals surface area contributed by atoms with Crippen LogP contribution in [0.2, 0.25) is 15.1 Å². The summed E-state index contributed by atoms with van der Waals surface area (Å²) in [7, 11) is -0.425. The Hall–Kier alpha value is -2.49. The summed E-state index contributed by atoms with van der Waals surface area (Å²) in [6, 6.07) is 6.61. The Kier molecular flexibility index (Phi) is 10.8. The highest BCUT2D eigenvalue weighted by atomic mass is 35.5. The van der Waals surface area contributed by atoms with E-state index in [1.807, 2.05) is 0 Å². The SMILES string of the molecule is CN(C)NC(NC[C@H](NC(=O)c1c(Cl)cc2c(c1Cl)CCN(C(=O)c1ccc(Cl)cc1)C2)C(=O)O)NS(C)(=O)=O. The Morgan fingerprint density at radius 1 is 1.12 bits per heavy atom. The van der Waals surface area contributed by atoms with Crippen molar-refractivity contribution in [3.63, 3.8) is 0 Å². The van der Waals surface area contributed by atoms with E-state index in [-0.39, 0.29) is 34.6 Å². The molecule has 2 aromatic rings. The van der Waals surface area contributed by atoms with E-state index in [0.29, 0.717) is 34.7 Å². The average molecular weight is 636 g/mol. The molecule has 0 bridgehead atoms. The van der Waals surface area contributed by atoms with Gasteiger partial charge >= 0.3 is 5.97 Å². The minimum atomic E-state index is -3.65. The molecule has 218 valence electrons. The van der Waals surface area contributed by atoms with Crippen LogP contribution < -0.4 is 20.8 Å². The van der Waals surface area contributed by atoms with Crippen LogP contribution in [0.1, 0.15) is 31.8 Å². The molecule has 1 aliphatic heterocycles. The fourth-order valence-electron chi connectivity index (χ4n) is 4.06. The molecule has 0 aliphatic carbocycles. The van der Waals surface area contributed by atoms with Crippen LogP contribution >= 0.6 is 34.8 Å². The van der Waals surface area contributed by atoms with Crippen molar-refractivity contribution in [2.75, 3.05) is 33.4 Å². The largest absolute Gasteiger partial charge is 0.480 e. The zero-order chi connectivity index (χ0) is 29.8. The van der Waals surface area contributed by atoms with E-state index < -0.39 is 34.2 Å². The molecule has 12 nitrogen and oxygen atoms in total. The van der Waals surface area contributed by atoms with Crippen molar-refractivity contribution >= 4 is 62.6 Å². The number of sulfonamides is 1. The van der Waals surface area contributed by atoms with Gasteiger partial charge in [-0.15, -0.1) is 0 Å². The third kappa shape index (κ3) is 8.51. The summed E-state index contributed by atoms with van der Waals surface area (Å²) >= 11 is 18.9. The van der Waals surface area contributed by atoms with E-state index in [1.54, 1.807) is 49.3 Å². The molecule has 5 N–H and O–H groups in total. The van der Waals surface area contributed by atoms with Gasteiger partial charge in [0.1, 0.15) is 12.3 Å². The van der Waals surface area contributed by atoms with Gasteiger partial charge in [0.05, 0.1) is 21.9 Å². The Balaban J connectivity index is 1.75. The molecule has 2 aromatic carbocycles. The second kappa shape index (κ2) is 13.4.